The molecule has 0 bridgehead atoms. The quantitative estimate of drug-likeness (QED) is 0.291. The Kier molecular flexibility index (Phi) is 9.21. The third kappa shape index (κ3) is 6.33. The molecule has 1 aliphatic heterocycles. The minimum absolute atomic E-state index is 0.00892. The van der Waals surface area contributed by atoms with Crippen LogP contribution in [0.3, 0.4) is 0 Å². The molecule has 0 spiro atoms. The standard InChI is InChI=1S/C28H29F8NO5S2/c29-22-5-7-23(8-6-22)44(41,42)25(20-1-3-21(4-2-20)26(30,27(31,32)33)28(34,35)36)13-9-19(10-14-25)24(38)37-17-18-11-15-43(39,40)16-12-18/h1-8,18-19H,9-17H2,(H,37,38). The van der Waals surface area contributed by atoms with Crippen molar-refractivity contribution in [2.75, 3.05) is 18.1 Å². The third-order valence-electron chi connectivity index (χ3n) is 8.63. The van der Waals surface area contributed by atoms with E-state index in [0.29, 0.717) is 25.0 Å². The maximum absolute atomic E-state index is 14.7. The lowest BCUT2D eigenvalue weighted by Gasteiger charge is -2.40. The lowest BCUT2D eigenvalue weighted by atomic mass is 9.77. The molecule has 2 aromatic rings. The monoisotopic (exact) mass is 675 g/mol. The van der Waals surface area contributed by atoms with Gasteiger partial charge in [0.2, 0.25) is 5.91 Å². The topological polar surface area (TPSA) is 97.4 Å². The highest BCUT2D eigenvalue weighted by atomic mass is 32.2. The SMILES string of the molecule is O=C(NCC1CCS(=O)(=O)CC1)C1CCC(c2ccc(C(F)(C(F)(F)F)C(F)(F)F)cc2)(S(=O)(=O)c2ccc(F)cc2)CC1. The van der Waals surface area contributed by atoms with Crippen LogP contribution in [0.25, 0.3) is 0 Å². The number of sulfone groups is 2. The van der Waals surface area contributed by atoms with Crippen molar-refractivity contribution in [1.82, 2.24) is 5.32 Å². The Labute approximate surface area is 249 Å². The molecule has 0 radical (unpaired) electrons. The van der Waals surface area contributed by atoms with Crippen molar-refractivity contribution in [2.24, 2.45) is 11.8 Å². The van der Waals surface area contributed by atoms with Gasteiger partial charge in [0.1, 0.15) is 20.4 Å². The molecular weight excluding hydrogens is 646 g/mol. The van der Waals surface area contributed by atoms with Gasteiger partial charge >= 0.3 is 18.0 Å². The maximum atomic E-state index is 14.7. The summed E-state index contributed by atoms with van der Waals surface area (Å²) in [6, 6.07) is 5.63. The summed E-state index contributed by atoms with van der Waals surface area (Å²) in [5, 5.41) is 2.77. The average Bonchev–Trinajstić information content (AvgIpc) is 2.95. The van der Waals surface area contributed by atoms with E-state index in [1.165, 1.54) is 0 Å². The molecule has 0 atom stereocenters. The lowest BCUT2D eigenvalue weighted by Crippen LogP contribution is -2.50. The zero-order valence-corrected chi connectivity index (χ0v) is 24.7. The van der Waals surface area contributed by atoms with E-state index in [2.05, 4.69) is 5.32 Å². The summed E-state index contributed by atoms with van der Waals surface area (Å²) in [6.45, 7) is 0.217. The molecular formula is C28H29F8NO5S2. The fourth-order valence-corrected chi connectivity index (χ4v) is 9.68. The van der Waals surface area contributed by atoms with Crippen LogP contribution >= 0.6 is 0 Å². The van der Waals surface area contributed by atoms with Crippen LogP contribution in [-0.2, 0) is 34.9 Å². The number of carbonyl (C=O) groups excluding carboxylic acids is 1. The molecule has 6 nitrogen and oxygen atoms in total. The summed E-state index contributed by atoms with van der Waals surface area (Å²) in [5.74, 6) is -1.88. The molecule has 0 aromatic heterocycles. The lowest BCUT2D eigenvalue weighted by molar-refractivity contribution is -0.348. The number of benzene rings is 2. The Bertz CT molecular complexity index is 1540. The molecule has 244 valence electrons. The van der Waals surface area contributed by atoms with E-state index in [1.807, 2.05) is 0 Å². The summed E-state index contributed by atoms with van der Waals surface area (Å²) < 4.78 is 157. The van der Waals surface area contributed by atoms with Crippen LogP contribution in [0.15, 0.2) is 53.4 Å². The van der Waals surface area contributed by atoms with Gasteiger partial charge in [-0.3, -0.25) is 4.79 Å². The van der Waals surface area contributed by atoms with E-state index in [0.717, 1.165) is 24.3 Å². The fourth-order valence-electron chi connectivity index (χ4n) is 5.92. The Balaban J connectivity index is 1.63. The van der Waals surface area contributed by atoms with E-state index >= 15 is 0 Å². The van der Waals surface area contributed by atoms with Crippen molar-refractivity contribution in [1.29, 1.82) is 0 Å². The molecule has 16 heteroatoms. The number of amides is 1. The molecule has 2 fully saturated rings. The van der Waals surface area contributed by atoms with Gasteiger partial charge < -0.3 is 5.32 Å². The summed E-state index contributed by atoms with van der Waals surface area (Å²) in [4.78, 5) is 12.6. The van der Waals surface area contributed by atoms with Gasteiger partial charge in [-0.1, -0.05) is 24.3 Å². The van der Waals surface area contributed by atoms with Gasteiger partial charge in [-0.15, -0.1) is 0 Å². The first-order chi connectivity index (χ1) is 20.2. The molecule has 1 amide bonds. The van der Waals surface area contributed by atoms with E-state index in [1.54, 1.807) is 0 Å². The van der Waals surface area contributed by atoms with Crippen LogP contribution < -0.4 is 5.32 Å². The zero-order valence-electron chi connectivity index (χ0n) is 23.0. The summed E-state index contributed by atoms with van der Waals surface area (Å²) >= 11 is 0. The van der Waals surface area contributed by atoms with Gasteiger partial charge in [-0.25, -0.2) is 25.6 Å². The first-order valence-electron chi connectivity index (χ1n) is 13.7. The van der Waals surface area contributed by atoms with Crippen molar-refractivity contribution in [3.8, 4) is 0 Å². The maximum Gasteiger partial charge on any atom is 0.435 e. The third-order valence-corrected chi connectivity index (χ3v) is 12.9. The molecule has 0 unspecified atom stereocenters. The molecule has 1 N–H and O–H groups in total. The smallest absolute Gasteiger partial charge is 0.356 e. The van der Waals surface area contributed by atoms with E-state index < -0.39 is 65.6 Å². The Morgan fingerprint density at radius 2 is 1.32 bits per heavy atom. The van der Waals surface area contributed by atoms with Crippen molar-refractivity contribution in [3.05, 3.63) is 65.5 Å². The Morgan fingerprint density at radius 1 is 0.818 bits per heavy atom. The van der Waals surface area contributed by atoms with Crippen LogP contribution in [0, 0.1) is 17.7 Å². The predicted molar refractivity (Wildman–Crippen MR) is 143 cm³/mol. The normalized spacial score (nSPS) is 23.7. The largest absolute Gasteiger partial charge is 0.435 e. The van der Waals surface area contributed by atoms with Crippen molar-refractivity contribution < 1.29 is 56.8 Å². The predicted octanol–water partition coefficient (Wildman–Crippen LogP) is 5.92. The second-order valence-corrected chi connectivity index (χ2v) is 15.9. The number of hydrogen-bond acceptors (Lipinski definition) is 5. The molecule has 1 aliphatic carbocycles. The number of halogens is 8. The number of hydrogen-bond donors (Lipinski definition) is 1. The first-order valence-corrected chi connectivity index (χ1v) is 17.0. The van der Waals surface area contributed by atoms with Crippen molar-refractivity contribution in [3.63, 3.8) is 0 Å². The molecule has 2 aromatic carbocycles. The van der Waals surface area contributed by atoms with Crippen LogP contribution in [0.5, 0.6) is 0 Å². The van der Waals surface area contributed by atoms with Gasteiger partial charge in [0, 0.05) is 18.0 Å². The minimum Gasteiger partial charge on any atom is -0.356 e. The second-order valence-electron chi connectivity index (χ2n) is 11.3. The van der Waals surface area contributed by atoms with Crippen molar-refractivity contribution >= 4 is 25.6 Å². The van der Waals surface area contributed by atoms with Gasteiger partial charge in [-0.2, -0.15) is 26.3 Å². The Morgan fingerprint density at radius 3 is 1.80 bits per heavy atom. The zero-order chi connectivity index (χ0) is 32.8. The summed E-state index contributed by atoms with van der Waals surface area (Å²) in [5.41, 5.74) is -7.70. The van der Waals surface area contributed by atoms with E-state index in [-0.39, 0.29) is 72.2 Å². The van der Waals surface area contributed by atoms with Gasteiger partial charge in [-0.05, 0) is 74.3 Å². The van der Waals surface area contributed by atoms with Gasteiger partial charge in [0.25, 0.3) is 0 Å². The van der Waals surface area contributed by atoms with E-state index in [9.17, 15) is 56.8 Å². The summed E-state index contributed by atoms with van der Waals surface area (Å²) in [7, 11) is -7.58. The average molecular weight is 676 g/mol. The highest BCUT2D eigenvalue weighted by Gasteiger charge is 2.73. The number of rotatable bonds is 7. The number of alkyl halides is 7. The summed E-state index contributed by atoms with van der Waals surface area (Å²) in [6.07, 6.45) is -12.6. The molecule has 1 saturated heterocycles. The number of carbonyl (C=O) groups is 1. The molecule has 44 heavy (non-hydrogen) atoms. The second kappa shape index (κ2) is 11.9. The molecule has 1 saturated carbocycles. The number of nitrogens with one attached hydrogen (secondary N) is 1. The fraction of sp³-hybridized carbons (Fsp3) is 0.536. The molecule has 2 aliphatic rings. The Hall–Kier alpha value is -2.75. The first kappa shape index (κ1) is 34.1. The van der Waals surface area contributed by atoms with Gasteiger partial charge in [0.15, 0.2) is 9.84 Å². The van der Waals surface area contributed by atoms with E-state index in [4.69, 9.17) is 0 Å². The van der Waals surface area contributed by atoms with Crippen LogP contribution in [0.4, 0.5) is 35.1 Å². The van der Waals surface area contributed by atoms with Crippen LogP contribution in [0.2, 0.25) is 0 Å². The highest BCUT2D eigenvalue weighted by molar-refractivity contribution is 7.92. The van der Waals surface area contributed by atoms with Crippen LogP contribution in [0.1, 0.15) is 49.7 Å². The minimum atomic E-state index is -6.36. The van der Waals surface area contributed by atoms with Crippen molar-refractivity contribution in [2.45, 2.75) is 66.2 Å². The van der Waals surface area contributed by atoms with Crippen LogP contribution in [-0.4, -0.2) is 53.1 Å². The highest BCUT2D eigenvalue weighted by Crippen LogP contribution is 2.54. The molecule has 4 rings (SSSR count). The molecule has 1 heterocycles. The van der Waals surface area contributed by atoms with Gasteiger partial charge in [0.05, 0.1) is 16.4 Å².